The number of ether oxygens (including phenoxy) is 2. The SMILES string of the molecule is CCc1ccc(OCC(=O)Nc2ccc3c(c2)N(CC(=O)N(CC)CC)C(=O)CO3)cc1. The second kappa shape index (κ2) is 10.7. The Morgan fingerprint density at radius 2 is 1.81 bits per heavy atom. The van der Waals surface area contributed by atoms with Gasteiger partial charge >= 0.3 is 0 Å². The summed E-state index contributed by atoms with van der Waals surface area (Å²) in [4.78, 5) is 40.4. The van der Waals surface area contributed by atoms with Crippen LogP contribution in [0.25, 0.3) is 0 Å². The molecule has 0 unspecified atom stereocenters. The number of rotatable bonds is 9. The molecule has 8 nitrogen and oxygen atoms in total. The van der Waals surface area contributed by atoms with E-state index in [-0.39, 0.29) is 37.5 Å². The lowest BCUT2D eigenvalue weighted by molar-refractivity contribution is -0.131. The van der Waals surface area contributed by atoms with E-state index in [0.717, 1.165) is 6.42 Å². The molecular formula is C24H29N3O5. The van der Waals surface area contributed by atoms with E-state index in [1.54, 1.807) is 23.1 Å². The van der Waals surface area contributed by atoms with Crippen LogP contribution in [0, 0.1) is 0 Å². The first-order chi connectivity index (χ1) is 15.4. The van der Waals surface area contributed by atoms with Crippen LogP contribution in [0.1, 0.15) is 26.3 Å². The van der Waals surface area contributed by atoms with E-state index in [1.165, 1.54) is 10.5 Å². The van der Waals surface area contributed by atoms with Gasteiger partial charge in [0.2, 0.25) is 5.91 Å². The Balaban J connectivity index is 1.67. The minimum Gasteiger partial charge on any atom is -0.484 e. The summed E-state index contributed by atoms with van der Waals surface area (Å²) in [7, 11) is 0. The van der Waals surface area contributed by atoms with Crippen LogP contribution in [0.2, 0.25) is 0 Å². The maximum Gasteiger partial charge on any atom is 0.265 e. The molecule has 2 aromatic rings. The molecule has 8 heteroatoms. The highest BCUT2D eigenvalue weighted by Gasteiger charge is 2.29. The van der Waals surface area contributed by atoms with Crippen LogP contribution in [0.5, 0.6) is 11.5 Å². The minimum atomic E-state index is -0.335. The van der Waals surface area contributed by atoms with Crippen molar-refractivity contribution < 1.29 is 23.9 Å². The molecule has 1 aliphatic heterocycles. The van der Waals surface area contributed by atoms with Crippen molar-refractivity contribution in [2.45, 2.75) is 27.2 Å². The number of fused-ring (bicyclic) bond motifs is 1. The predicted molar refractivity (Wildman–Crippen MR) is 122 cm³/mol. The number of amides is 3. The molecule has 3 amide bonds. The highest BCUT2D eigenvalue weighted by atomic mass is 16.5. The number of likely N-dealkylation sites (N-methyl/N-ethyl adjacent to an activating group) is 1. The van der Waals surface area contributed by atoms with Crippen LogP contribution < -0.4 is 19.7 Å². The first-order valence-electron chi connectivity index (χ1n) is 10.8. The fourth-order valence-electron chi connectivity index (χ4n) is 3.43. The smallest absolute Gasteiger partial charge is 0.265 e. The van der Waals surface area contributed by atoms with Crippen molar-refractivity contribution in [3.63, 3.8) is 0 Å². The van der Waals surface area contributed by atoms with Crippen LogP contribution >= 0.6 is 0 Å². The van der Waals surface area contributed by atoms with Crippen molar-refractivity contribution in [3.8, 4) is 11.5 Å². The van der Waals surface area contributed by atoms with E-state index in [0.29, 0.717) is 36.0 Å². The Morgan fingerprint density at radius 3 is 2.47 bits per heavy atom. The van der Waals surface area contributed by atoms with E-state index in [1.807, 2.05) is 38.1 Å². The van der Waals surface area contributed by atoms with E-state index < -0.39 is 0 Å². The van der Waals surface area contributed by atoms with Gasteiger partial charge in [0.15, 0.2) is 13.2 Å². The summed E-state index contributed by atoms with van der Waals surface area (Å²) in [6, 6.07) is 12.6. The van der Waals surface area contributed by atoms with Gasteiger partial charge in [-0.15, -0.1) is 0 Å². The second-order valence-corrected chi connectivity index (χ2v) is 7.35. The van der Waals surface area contributed by atoms with Gasteiger partial charge < -0.3 is 19.7 Å². The number of carbonyl (C=O) groups excluding carboxylic acids is 3. The Kier molecular flexibility index (Phi) is 7.70. The molecule has 170 valence electrons. The van der Waals surface area contributed by atoms with Gasteiger partial charge in [-0.25, -0.2) is 0 Å². The van der Waals surface area contributed by atoms with Crippen LogP contribution in [-0.2, 0) is 20.8 Å². The van der Waals surface area contributed by atoms with Crippen LogP contribution in [0.4, 0.5) is 11.4 Å². The number of nitrogens with zero attached hydrogens (tertiary/aromatic N) is 2. The molecule has 0 aromatic heterocycles. The number of carbonyl (C=O) groups is 3. The largest absolute Gasteiger partial charge is 0.484 e. The third-order valence-corrected chi connectivity index (χ3v) is 5.30. The van der Waals surface area contributed by atoms with Crippen LogP contribution in [0.15, 0.2) is 42.5 Å². The summed E-state index contributed by atoms with van der Waals surface area (Å²) < 4.78 is 11.0. The predicted octanol–water partition coefficient (Wildman–Crippen LogP) is 2.86. The van der Waals surface area contributed by atoms with Crippen molar-refractivity contribution in [1.29, 1.82) is 0 Å². The molecule has 0 saturated heterocycles. The van der Waals surface area contributed by atoms with Gasteiger partial charge in [0.25, 0.3) is 11.8 Å². The summed E-state index contributed by atoms with van der Waals surface area (Å²) in [5.41, 5.74) is 2.13. The van der Waals surface area contributed by atoms with Gasteiger partial charge in [-0.1, -0.05) is 19.1 Å². The van der Waals surface area contributed by atoms with Crippen molar-refractivity contribution in [3.05, 3.63) is 48.0 Å². The van der Waals surface area contributed by atoms with E-state index in [4.69, 9.17) is 9.47 Å². The molecule has 0 bridgehead atoms. The van der Waals surface area contributed by atoms with Gasteiger partial charge in [-0.3, -0.25) is 19.3 Å². The lowest BCUT2D eigenvalue weighted by Crippen LogP contribution is -2.46. The van der Waals surface area contributed by atoms with E-state index >= 15 is 0 Å². The molecule has 0 atom stereocenters. The molecule has 1 N–H and O–H groups in total. The molecule has 0 fully saturated rings. The van der Waals surface area contributed by atoms with Gasteiger partial charge in [0, 0.05) is 18.8 Å². The Labute approximate surface area is 188 Å². The molecule has 32 heavy (non-hydrogen) atoms. The van der Waals surface area contributed by atoms with Gasteiger partial charge in [0.05, 0.1) is 5.69 Å². The van der Waals surface area contributed by atoms with E-state index in [2.05, 4.69) is 12.2 Å². The highest BCUT2D eigenvalue weighted by molar-refractivity contribution is 6.03. The van der Waals surface area contributed by atoms with Gasteiger partial charge in [-0.05, 0) is 56.2 Å². The Bertz CT molecular complexity index is 970. The minimum absolute atomic E-state index is 0.0782. The van der Waals surface area contributed by atoms with Crippen molar-refractivity contribution in [2.24, 2.45) is 0 Å². The topological polar surface area (TPSA) is 88.2 Å². The van der Waals surface area contributed by atoms with Crippen LogP contribution in [-0.4, -0.2) is 55.5 Å². The molecule has 3 rings (SSSR count). The van der Waals surface area contributed by atoms with E-state index in [9.17, 15) is 14.4 Å². The lowest BCUT2D eigenvalue weighted by Gasteiger charge is -2.31. The Morgan fingerprint density at radius 1 is 1.09 bits per heavy atom. The molecular weight excluding hydrogens is 410 g/mol. The second-order valence-electron chi connectivity index (χ2n) is 7.35. The number of hydrogen-bond acceptors (Lipinski definition) is 5. The number of hydrogen-bond donors (Lipinski definition) is 1. The number of nitrogens with one attached hydrogen (secondary N) is 1. The summed E-state index contributed by atoms with van der Waals surface area (Å²) in [5.74, 6) is 0.317. The average Bonchev–Trinajstić information content (AvgIpc) is 2.81. The third-order valence-electron chi connectivity index (χ3n) is 5.30. The zero-order chi connectivity index (χ0) is 23.1. The molecule has 0 spiro atoms. The Hall–Kier alpha value is -3.55. The zero-order valence-corrected chi connectivity index (χ0v) is 18.7. The molecule has 0 radical (unpaired) electrons. The number of aryl methyl sites for hydroxylation is 1. The summed E-state index contributed by atoms with van der Waals surface area (Å²) in [6.45, 7) is 6.63. The lowest BCUT2D eigenvalue weighted by atomic mass is 10.2. The zero-order valence-electron chi connectivity index (χ0n) is 18.7. The number of anilines is 2. The van der Waals surface area contributed by atoms with Gasteiger partial charge in [0.1, 0.15) is 18.0 Å². The number of benzene rings is 2. The third kappa shape index (κ3) is 5.57. The average molecular weight is 440 g/mol. The molecule has 1 aliphatic rings. The van der Waals surface area contributed by atoms with Crippen molar-refractivity contribution >= 4 is 29.1 Å². The normalized spacial score (nSPS) is 12.6. The molecule has 0 aliphatic carbocycles. The fourth-order valence-corrected chi connectivity index (χ4v) is 3.43. The quantitative estimate of drug-likeness (QED) is 0.649. The standard InChI is InChI=1S/C24H29N3O5/c1-4-17-7-10-19(11-8-17)31-15-22(28)25-18-9-12-21-20(13-18)27(24(30)16-32-21)14-23(29)26(5-2)6-3/h7-13H,4-6,14-16H2,1-3H3,(H,25,28). The molecule has 0 saturated carbocycles. The first kappa shape index (κ1) is 23.1. The maximum absolute atomic E-state index is 12.6. The van der Waals surface area contributed by atoms with Crippen molar-refractivity contribution in [1.82, 2.24) is 4.90 Å². The molecule has 2 aromatic carbocycles. The first-order valence-corrected chi connectivity index (χ1v) is 10.8. The van der Waals surface area contributed by atoms with Gasteiger partial charge in [-0.2, -0.15) is 0 Å². The highest BCUT2D eigenvalue weighted by Crippen LogP contribution is 2.34. The molecule has 1 heterocycles. The summed E-state index contributed by atoms with van der Waals surface area (Å²) in [6.07, 6.45) is 0.933. The maximum atomic E-state index is 12.6. The monoisotopic (exact) mass is 439 g/mol. The van der Waals surface area contributed by atoms with Crippen molar-refractivity contribution in [2.75, 3.05) is 43.1 Å². The summed E-state index contributed by atoms with van der Waals surface area (Å²) in [5, 5.41) is 2.77. The summed E-state index contributed by atoms with van der Waals surface area (Å²) >= 11 is 0. The fraction of sp³-hybridized carbons (Fsp3) is 0.375. The van der Waals surface area contributed by atoms with Crippen LogP contribution in [0.3, 0.4) is 0 Å².